The Hall–Kier alpha value is -4.92. The van der Waals surface area contributed by atoms with Crippen molar-refractivity contribution in [3.8, 4) is 11.5 Å². The lowest BCUT2D eigenvalue weighted by Crippen LogP contribution is -2.23. The molecular weight excluding hydrogens is 556 g/mol. The Bertz CT molecular complexity index is 1720. The number of benzene rings is 3. The van der Waals surface area contributed by atoms with Crippen LogP contribution in [-0.4, -0.2) is 73.9 Å². The Morgan fingerprint density at radius 2 is 1.27 bits per heavy atom. The number of aliphatic hydroxyl groups is 1. The highest BCUT2D eigenvalue weighted by molar-refractivity contribution is 6.39. The summed E-state index contributed by atoms with van der Waals surface area (Å²) < 4.78 is 23.9. The smallest absolute Gasteiger partial charge is 0.205 e. The van der Waals surface area contributed by atoms with Crippen molar-refractivity contribution in [3.63, 3.8) is 0 Å². The van der Waals surface area contributed by atoms with E-state index in [0.29, 0.717) is 35.5 Å². The first kappa shape index (κ1) is 27.9. The maximum absolute atomic E-state index is 13.2. The molecular formula is C36H33N2O6+. The van der Waals surface area contributed by atoms with Gasteiger partial charge in [0.1, 0.15) is 49.7 Å². The lowest BCUT2D eigenvalue weighted by Gasteiger charge is -2.24. The number of hydrogen-bond acceptors (Lipinski definition) is 7. The van der Waals surface area contributed by atoms with Gasteiger partial charge in [0.25, 0.3) is 0 Å². The average Bonchev–Trinajstić information content (AvgIpc) is 4.00. The molecule has 3 aromatic rings. The summed E-state index contributed by atoms with van der Waals surface area (Å²) in [5, 5.41) is 10.9. The number of aliphatic hydroxyl groups excluding tert-OH is 1. The number of ether oxygens (including phenoxy) is 4. The Morgan fingerprint density at radius 1 is 0.773 bits per heavy atom. The highest BCUT2D eigenvalue weighted by atomic mass is 16.6. The number of allylic oxidation sites excluding steroid dienone is 7. The third kappa shape index (κ3) is 5.82. The van der Waals surface area contributed by atoms with Crippen LogP contribution in [0.4, 0.5) is 17.1 Å². The quantitative estimate of drug-likeness (QED) is 0.185. The normalized spacial score (nSPS) is 20.0. The van der Waals surface area contributed by atoms with Crippen molar-refractivity contribution in [3.05, 3.63) is 120 Å². The van der Waals surface area contributed by atoms with Gasteiger partial charge in [-0.05, 0) is 71.8 Å². The predicted octanol–water partition coefficient (Wildman–Crippen LogP) is 5.70. The number of Topliss-reactive ketones (excluding diaryl/α,β-unsaturated/α-hetero) is 1. The molecule has 0 saturated carbocycles. The van der Waals surface area contributed by atoms with Crippen molar-refractivity contribution in [1.82, 2.24) is 0 Å². The molecule has 222 valence electrons. The Morgan fingerprint density at radius 3 is 1.77 bits per heavy atom. The van der Waals surface area contributed by atoms with Crippen LogP contribution in [0, 0.1) is 0 Å². The third-order valence-electron chi connectivity index (χ3n) is 8.14. The van der Waals surface area contributed by atoms with Crippen LogP contribution in [0.1, 0.15) is 5.56 Å². The van der Waals surface area contributed by atoms with Crippen molar-refractivity contribution in [2.45, 2.75) is 12.2 Å². The van der Waals surface area contributed by atoms with Crippen LogP contribution >= 0.6 is 0 Å². The molecule has 0 amide bonds. The summed E-state index contributed by atoms with van der Waals surface area (Å²) in [6, 6.07) is 23.4. The number of ketones is 1. The topological polar surface area (TPSA) is 87.1 Å². The van der Waals surface area contributed by atoms with Gasteiger partial charge in [-0.15, -0.1) is 0 Å². The maximum atomic E-state index is 13.2. The van der Waals surface area contributed by atoms with Gasteiger partial charge >= 0.3 is 0 Å². The lowest BCUT2D eigenvalue weighted by molar-refractivity contribution is -0.403. The van der Waals surface area contributed by atoms with Gasteiger partial charge in [-0.1, -0.05) is 12.1 Å². The van der Waals surface area contributed by atoms with E-state index < -0.39 is 0 Å². The minimum absolute atomic E-state index is 0.0246. The second kappa shape index (κ2) is 11.6. The van der Waals surface area contributed by atoms with Gasteiger partial charge in [-0.2, -0.15) is 4.58 Å². The summed E-state index contributed by atoms with van der Waals surface area (Å²) in [5.41, 5.74) is 5.98. The minimum Gasteiger partial charge on any atom is -0.506 e. The number of epoxide rings is 2. The fourth-order valence-electron chi connectivity index (χ4n) is 5.18. The molecule has 0 radical (unpaired) electrons. The van der Waals surface area contributed by atoms with Crippen LogP contribution in [0.5, 0.6) is 11.5 Å². The fraction of sp³-hybridized carbons (Fsp3) is 0.222. The van der Waals surface area contributed by atoms with Crippen LogP contribution < -0.4 is 14.4 Å². The van der Waals surface area contributed by atoms with E-state index in [1.54, 1.807) is 0 Å². The van der Waals surface area contributed by atoms with Gasteiger partial charge in [0.15, 0.2) is 0 Å². The molecule has 2 aliphatic heterocycles. The Labute approximate surface area is 256 Å². The zero-order valence-electron chi connectivity index (χ0n) is 24.6. The van der Waals surface area contributed by atoms with Crippen LogP contribution in [0.2, 0.25) is 0 Å². The van der Waals surface area contributed by atoms with Gasteiger partial charge in [0.05, 0.1) is 24.4 Å². The molecule has 7 rings (SSSR count). The van der Waals surface area contributed by atoms with Gasteiger partial charge in [0, 0.05) is 42.7 Å². The molecule has 2 aliphatic carbocycles. The number of nitrogens with zero attached hydrogens (tertiary/aromatic N) is 2. The Balaban J connectivity index is 1.02. The summed E-state index contributed by atoms with van der Waals surface area (Å²) in [6.45, 7) is 2.68. The van der Waals surface area contributed by atoms with Gasteiger partial charge in [-0.3, -0.25) is 4.79 Å². The Kier molecular flexibility index (Phi) is 7.37. The SMILES string of the molecule is CN(c1ccc(OCC2CO2)cc1)c1ccc(C2=C(O)C(=C3C=CC(=[N+](C)c4ccc(OCC5CO5)cc4)C=C3)C2=O)cc1. The van der Waals surface area contributed by atoms with E-state index in [1.807, 2.05) is 111 Å². The molecule has 8 heteroatoms. The van der Waals surface area contributed by atoms with Crippen LogP contribution in [0.3, 0.4) is 0 Å². The molecule has 0 spiro atoms. The highest BCUT2D eigenvalue weighted by Gasteiger charge is 2.36. The molecule has 4 aliphatic rings. The molecule has 0 aromatic heterocycles. The minimum atomic E-state index is -0.163. The third-order valence-corrected chi connectivity index (χ3v) is 8.14. The van der Waals surface area contributed by atoms with Crippen LogP contribution in [-0.2, 0) is 14.3 Å². The first-order chi connectivity index (χ1) is 21.4. The molecule has 2 unspecified atom stereocenters. The van der Waals surface area contributed by atoms with E-state index in [9.17, 15) is 9.90 Å². The van der Waals surface area contributed by atoms with E-state index in [4.69, 9.17) is 18.9 Å². The summed E-state index contributed by atoms with van der Waals surface area (Å²) in [4.78, 5) is 15.3. The van der Waals surface area contributed by atoms with Gasteiger partial charge < -0.3 is 29.0 Å². The summed E-state index contributed by atoms with van der Waals surface area (Å²) in [6.07, 6.45) is 8.07. The van der Waals surface area contributed by atoms with Crippen LogP contribution in [0.15, 0.2) is 114 Å². The standard InChI is InChI=1S/C36H32N2O6/c1-37(27-11-15-29(16-12-27)41-19-31-21-43-31)25-7-3-23(4-8-25)33-35(39)34(36(33)40)24-5-9-26(10-6-24)38(2)28-13-17-30(18-14-28)42-20-32-22-44-32/h3-18,31-32H,19-22H2,1-2H3/p+1. The molecule has 44 heavy (non-hydrogen) atoms. The number of hydrogen-bond donors (Lipinski definition) is 1. The number of anilines is 2. The fourth-order valence-corrected chi connectivity index (χ4v) is 5.18. The van der Waals surface area contributed by atoms with Crippen molar-refractivity contribution in [2.75, 3.05) is 45.4 Å². The zero-order valence-corrected chi connectivity index (χ0v) is 24.6. The van der Waals surface area contributed by atoms with Crippen molar-refractivity contribution < 1.29 is 33.4 Å². The van der Waals surface area contributed by atoms with E-state index in [2.05, 4.69) is 9.48 Å². The molecule has 0 bridgehead atoms. The maximum Gasteiger partial charge on any atom is 0.205 e. The monoisotopic (exact) mass is 589 g/mol. The van der Waals surface area contributed by atoms with E-state index >= 15 is 0 Å². The van der Waals surface area contributed by atoms with E-state index in [1.165, 1.54) is 0 Å². The largest absolute Gasteiger partial charge is 0.506 e. The first-order valence-corrected chi connectivity index (χ1v) is 14.7. The van der Waals surface area contributed by atoms with Crippen molar-refractivity contribution in [1.29, 1.82) is 0 Å². The summed E-state index contributed by atoms with van der Waals surface area (Å²) in [5.74, 6) is 1.48. The predicted molar refractivity (Wildman–Crippen MR) is 169 cm³/mol. The van der Waals surface area contributed by atoms with Crippen molar-refractivity contribution >= 4 is 34.1 Å². The van der Waals surface area contributed by atoms with Gasteiger partial charge in [0.2, 0.25) is 17.2 Å². The molecule has 1 N–H and O–H groups in total. The first-order valence-electron chi connectivity index (χ1n) is 14.7. The van der Waals surface area contributed by atoms with Crippen LogP contribution in [0.25, 0.3) is 5.57 Å². The number of rotatable bonds is 10. The lowest BCUT2D eigenvalue weighted by atomic mass is 9.80. The highest BCUT2D eigenvalue weighted by Crippen LogP contribution is 2.39. The summed E-state index contributed by atoms with van der Waals surface area (Å²) in [7, 11) is 3.97. The molecule has 2 atom stereocenters. The van der Waals surface area contributed by atoms with Gasteiger partial charge in [-0.25, -0.2) is 0 Å². The number of carbonyl (C=O) groups excluding carboxylic acids is 1. The molecule has 2 fully saturated rings. The van der Waals surface area contributed by atoms with Crippen molar-refractivity contribution in [2.24, 2.45) is 0 Å². The molecule has 2 saturated heterocycles. The second-order valence-corrected chi connectivity index (χ2v) is 11.2. The number of carbonyl (C=O) groups is 1. The summed E-state index contributed by atoms with van der Waals surface area (Å²) >= 11 is 0. The molecule has 8 nitrogen and oxygen atoms in total. The zero-order chi connectivity index (χ0) is 30.2. The molecule has 2 heterocycles. The van der Waals surface area contributed by atoms with E-state index in [0.717, 1.165) is 47.5 Å². The molecule has 3 aromatic carbocycles. The van der Waals surface area contributed by atoms with E-state index in [-0.39, 0.29) is 23.8 Å². The average molecular weight is 590 g/mol. The second-order valence-electron chi connectivity index (χ2n) is 11.2.